The van der Waals surface area contributed by atoms with Gasteiger partial charge in [0.2, 0.25) is 15.9 Å². The van der Waals surface area contributed by atoms with Gasteiger partial charge in [0, 0.05) is 38.7 Å². The molecule has 1 aromatic heterocycles. The zero-order chi connectivity index (χ0) is 17.2. The molecular weight excluding hydrogens is 324 g/mol. The summed E-state index contributed by atoms with van der Waals surface area (Å²) < 4.78 is 29.7. The third kappa shape index (κ3) is 4.08. The lowest BCUT2D eigenvalue weighted by Crippen LogP contribution is -2.41. The third-order valence-corrected chi connectivity index (χ3v) is 5.04. The minimum atomic E-state index is -3.48. The molecule has 2 heterocycles. The highest BCUT2D eigenvalue weighted by Gasteiger charge is 2.33. The van der Waals surface area contributed by atoms with E-state index in [4.69, 9.17) is 10.3 Å². The average Bonchev–Trinajstić information content (AvgIpc) is 2.82. The minimum Gasteiger partial charge on any atom is -0.369 e. The summed E-state index contributed by atoms with van der Waals surface area (Å²) in [4.78, 5) is 25.4. The highest BCUT2D eigenvalue weighted by Crippen LogP contribution is 2.15. The molecule has 0 aromatic carbocycles. The van der Waals surface area contributed by atoms with Crippen LogP contribution in [0.1, 0.15) is 23.2 Å². The topological polar surface area (TPSA) is 127 Å². The Kier molecular flexibility index (Phi) is 5.05. The van der Waals surface area contributed by atoms with Crippen LogP contribution < -0.4 is 5.73 Å². The van der Waals surface area contributed by atoms with Crippen LogP contribution >= 0.6 is 0 Å². The van der Waals surface area contributed by atoms with E-state index in [0.717, 1.165) is 10.6 Å². The summed E-state index contributed by atoms with van der Waals surface area (Å²) in [5, 5.41) is 3.72. The fourth-order valence-corrected chi connectivity index (χ4v) is 3.26. The molecule has 1 aliphatic rings. The van der Waals surface area contributed by atoms with Gasteiger partial charge in [0.1, 0.15) is 5.76 Å². The van der Waals surface area contributed by atoms with E-state index in [2.05, 4.69) is 5.16 Å². The first-order chi connectivity index (χ1) is 10.7. The van der Waals surface area contributed by atoms with Crippen LogP contribution in [-0.4, -0.2) is 67.0 Å². The highest BCUT2D eigenvalue weighted by atomic mass is 32.2. The number of aryl methyl sites for hydroxylation is 1. The van der Waals surface area contributed by atoms with Crippen molar-refractivity contribution < 1.29 is 22.5 Å². The molecule has 1 fully saturated rings. The molecule has 2 rings (SSSR count). The minimum absolute atomic E-state index is 0.0308. The van der Waals surface area contributed by atoms with Crippen LogP contribution in [0.5, 0.6) is 0 Å². The van der Waals surface area contributed by atoms with Crippen LogP contribution in [0.15, 0.2) is 10.6 Å². The molecule has 1 atom stereocenters. The van der Waals surface area contributed by atoms with Crippen molar-refractivity contribution in [3.8, 4) is 0 Å². The Morgan fingerprint density at radius 3 is 2.61 bits per heavy atom. The molecule has 1 aromatic rings. The summed E-state index contributed by atoms with van der Waals surface area (Å²) in [6.07, 6.45) is 1.67. The number of hydrogen-bond donors (Lipinski definition) is 1. The number of carbonyl (C=O) groups excluding carboxylic acids is 2. The highest BCUT2D eigenvalue weighted by molar-refractivity contribution is 7.88. The van der Waals surface area contributed by atoms with Crippen LogP contribution in [0, 0.1) is 5.92 Å². The van der Waals surface area contributed by atoms with Crippen LogP contribution in [0.25, 0.3) is 0 Å². The first kappa shape index (κ1) is 17.4. The quantitative estimate of drug-likeness (QED) is 0.751. The van der Waals surface area contributed by atoms with Crippen LogP contribution in [0.2, 0.25) is 0 Å². The maximum absolute atomic E-state index is 12.5. The first-order valence-electron chi connectivity index (χ1n) is 7.21. The molecule has 10 heteroatoms. The lowest BCUT2D eigenvalue weighted by atomic mass is 10.1. The number of hydrogen-bond acceptors (Lipinski definition) is 6. The fraction of sp³-hybridized carbons (Fsp3) is 0.615. The lowest BCUT2D eigenvalue weighted by Gasteiger charge is -2.21. The van der Waals surface area contributed by atoms with Crippen molar-refractivity contribution in [2.45, 2.75) is 13.3 Å². The summed E-state index contributed by atoms with van der Waals surface area (Å²) in [6.45, 7) is 2.15. The Labute approximate surface area is 134 Å². The zero-order valence-corrected chi connectivity index (χ0v) is 13.9. The van der Waals surface area contributed by atoms with Gasteiger partial charge >= 0.3 is 0 Å². The summed E-state index contributed by atoms with van der Waals surface area (Å²) in [7, 11) is -3.48. The number of rotatable bonds is 4. The Morgan fingerprint density at radius 1 is 1.39 bits per heavy atom. The van der Waals surface area contributed by atoms with Crippen molar-refractivity contribution in [2.75, 3.05) is 32.4 Å². The number of nitrogens with zero attached hydrogens (tertiary/aromatic N) is 3. The Morgan fingerprint density at radius 2 is 2.09 bits per heavy atom. The van der Waals surface area contributed by atoms with Gasteiger partial charge in [-0.2, -0.15) is 4.31 Å². The van der Waals surface area contributed by atoms with Gasteiger partial charge in [0.15, 0.2) is 5.69 Å². The van der Waals surface area contributed by atoms with E-state index in [9.17, 15) is 18.0 Å². The van der Waals surface area contributed by atoms with E-state index in [-0.39, 0.29) is 31.9 Å². The number of sulfonamides is 1. The molecule has 0 unspecified atom stereocenters. The van der Waals surface area contributed by atoms with Gasteiger partial charge in [-0.25, -0.2) is 8.42 Å². The van der Waals surface area contributed by atoms with Crippen LogP contribution in [0.3, 0.4) is 0 Å². The Bertz CT molecular complexity index is 699. The first-order valence-corrected chi connectivity index (χ1v) is 9.06. The van der Waals surface area contributed by atoms with E-state index >= 15 is 0 Å². The van der Waals surface area contributed by atoms with Crippen molar-refractivity contribution in [2.24, 2.45) is 11.7 Å². The molecule has 0 saturated carbocycles. The van der Waals surface area contributed by atoms with Crippen molar-refractivity contribution in [3.63, 3.8) is 0 Å². The smallest absolute Gasteiger partial charge is 0.276 e. The summed E-state index contributed by atoms with van der Waals surface area (Å²) in [5.74, 6) is -1.25. The van der Waals surface area contributed by atoms with Crippen LogP contribution in [0.4, 0.5) is 0 Å². The molecule has 23 heavy (non-hydrogen) atoms. The normalized spacial score (nSPS) is 20.3. The summed E-state index contributed by atoms with van der Waals surface area (Å²) >= 11 is 0. The molecule has 128 valence electrons. The average molecular weight is 344 g/mol. The van der Waals surface area contributed by atoms with E-state index in [1.807, 2.05) is 6.92 Å². The van der Waals surface area contributed by atoms with Crippen molar-refractivity contribution in [3.05, 3.63) is 17.5 Å². The molecule has 2 amide bonds. The molecule has 2 N–H and O–H groups in total. The predicted molar refractivity (Wildman–Crippen MR) is 80.9 cm³/mol. The van der Waals surface area contributed by atoms with E-state index < -0.39 is 27.8 Å². The molecule has 1 aliphatic heterocycles. The molecule has 9 nitrogen and oxygen atoms in total. The van der Waals surface area contributed by atoms with E-state index in [0.29, 0.717) is 12.2 Å². The number of primary amides is 1. The number of amides is 2. The zero-order valence-electron chi connectivity index (χ0n) is 13.1. The van der Waals surface area contributed by atoms with Gasteiger partial charge in [0.05, 0.1) is 12.2 Å². The predicted octanol–water partition coefficient (Wildman–Crippen LogP) is -0.944. The van der Waals surface area contributed by atoms with Gasteiger partial charge in [-0.1, -0.05) is 12.1 Å². The SMILES string of the molecule is CCc1cc(C(=O)N2CCN(S(C)(=O)=O)C[C@@H](C(N)=O)C2)no1. The molecule has 0 spiro atoms. The van der Waals surface area contributed by atoms with Gasteiger partial charge < -0.3 is 15.2 Å². The largest absolute Gasteiger partial charge is 0.369 e. The Hall–Kier alpha value is -1.94. The maximum Gasteiger partial charge on any atom is 0.276 e. The third-order valence-electron chi connectivity index (χ3n) is 3.77. The second-order valence-corrected chi connectivity index (χ2v) is 7.49. The van der Waals surface area contributed by atoms with Gasteiger partial charge in [-0.3, -0.25) is 9.59 Å². The Balaban J connectivity index is 2.22. The van der Waals surface area contributed by atoms with E-state index in [1.165, 1.54) is 4.90 Å². The maximum atomic E-state index is 12.5. The lowest BCUT2D eigenvalue weighted by molar-refractivity contribution is -0.122. The number of nitrogens with two attached hydrogens (primary N) is 1. The van der Waals surface area contributed by atoms with Gasteiger partial charge in [-0.15, -0.1) is 0 Å². The molecular formula is C13H20N4O5S. The van der Waals surface area contributed by atoms with Crippen LogP contribution in [-0.2, 0) is 21.2 Å². The molecule has 0 radical (unpaired) electrons. The number of carbonyl (C=O) groups is 2. The van der Waals surface area contributed by atoms with E-state index in [1.54, 1.807) is 6.07 Å². The monoisotopic (exact) mass is 344 g/mol. The second-order valence-electron chi connectivity index (χ2n) is 5.50. The van der Waals surface area contributed by atoms with Crippen molar-refractivity contribution >= 4 is 21.8 Å². The summed E-state index contributed by atoms with van der Waals surface area (Å²) in [6, 6.07) is 1.54. The van der Waals surface area contributed by atoms with Crippen molar-refractivity contribution in [1.82, 2.24) is 14.4 Å². The van der Waals surface area contributed by atoms with Gasteiger partial charge in [0.25, 0.3) is 5.91 Å². The molecule has 0 aliphatic carbocycles. The standard InChI is InChI=1S/C13H20N4O5S/c1-3-10-6-11(15-22-10)13(19)16-4-5-17(23(2,20)21)8-9(7-16)12(14)18/h6,9H,3-5,7-8H2,1-2H3,(H2,14,18)/t9-/m0/s1. The fourth-order valence-electron chi connectivity index (χ4n) is 2.39. The second kappa shape index (κ2) is 6.67. The summed E-state index contributed by atoms with van der Waals surface area (Å²) in [5.41, 5.74) is 5.47. The number of aromatic nitrogens is 1. The molecule has 1 saturated heterocycles. The van der Waals surface area contributed by atoms with Gasteiger partial charge in [-0.05, 0) is 0 Å². The van der Waals surface area contributed by atoms with Crippen molar-refractivity contribution in [1.29, 1.82) is 0 Å². The molecule has 0 bridgehead atoms.